The quantitative estimate of drug-likeness (QED) is 0.539. The Bertz CT molecular complexity index is 1120. The van der Waals surface area contributed by atoms with Gasteiger partial charge in [-0.2, -0.15) is 47.9 Å². The molecule has 33 heavy (non-hydrogen) atoms. The van der Waals surface area contributed by atoms with Crippen molar-refractivity contribution in [1.29, 1.82) is 0 Å². The molecule has 182 valence electrons. The molecule has 0 heterocycles. The largest absolute Gasteiger partial charge is 0.516 e. The molecule has 0 spiro atoms. The lowest BCUT2D eigenvalue weighted by Crippen LogP contribution is -2.30. The summed E-state index contributed by atoms with van der Waals surface area (Å²) in [6.45, 7) is 0. The van der Waals surface area contributed by atoms with Crippen molar-refractivity contribution in [3.8, 4) is 5.75 Å². The SMILES string of the molecule is COc1cc(NC(=O)c2cc(C(F)(F)F)cc(C(F)(F)F)c2)ccc1NS(=O)(=O)C(F)(F)F. The zero-order chi connectivity index (χ0) is 25.4. The second-order valence-corrected chi connectivity index (χ2v) is 7.89. The predicted octanol–water partition coefficient (Wildman–Crippen LogP) is 5.25. The second-order valence-electron chi connectivity index (χ2n) is 6.21. The number of methoxy groups -OCH3 is 1. The van der Waals surface area contributed by atoms with Crippen LogP contribution >= 0.6 is 0 Å². The summed E-state index contributed by atoms with van der Waals surface area (Å²) in [5.41, 5.74) is -11.2. The van der Waals surface area contributed by atoms with E-state index in [0.717, 1.165) is 25.3 Å². The summed E-state index contributed by atoms with van der Waals surface area (Å²) >= 11 is 0. The van der Waals surface area contributed by atoms with Crippen molar-refractivity contribution >= 4 is 27.3 Å². The van der Waals surface area contributed by atoms with Gasteiger partial charge in [-0.15, -0.1) is 0 Å². The highest BCUT2D eigenvalue weighted by atomic mass is 32.2. The lowest BCUT2D eigenvalue weighted by Gasteiger charge is -2.16. The van der Waals surface area contributed by atoms with Gasteiger partial charge in [-0.05, 0) is 30.3 Å². The molecule has 0 aliphatic rings. The molecule has 0 aromatic heterocycles. The van der Waals surface area contributed by atoms with Gasteiger partial charge in [0.05, 0.1) is 23.9 Å². The first-order valence-corrected chi connectivity index (χ1v) is 9.71. The Morgan fingerprint density at radius 1 is 0.848 bits per heavy atom. The van der Waals surface area contributed by atoms with Crippen LogP contribution in [0.2, 0.25) is 0 Å². The van der Waals surface area contributed by atoms with Gasteiger partial charge in [-0.25, -0.2) is 0 Å². The van der Waals surface area contributed by atoms with Crippen LogP contribution in [0.15, 0.2) is 36.4 Å². The number of halogens is 9. The number of anilines is 2. The number of amides is 1. The molecule has 6 nitrogen and oxygen atoms in total. The van der Waals surface area contributed by atoms with E-state index in [0.29, 0.717) is 0 Å². The van der Waals surface area contributed by atoms with Crippen molar-refractivity contribution in [2.45, 2.75) is 17.9 Å². The molecule has 2 aromatic rings. The molecule has 1 amide bonds. The molecule has 2 N–H and O–H groups in total. The van der Waals surface area contributed by atoms with Crippen LogP contribution in [0, 0.1) is 0 Å². The summed E-state index contributed by atoms with van der Waals surface area (Å²) in [7, 11) is -4.90. The Kier molecular flexibility index (Phi) is 6.83. The first-order chi connectivity index (χ1) is 14.8. The minimum absolute atomic E-state index is 0.174. The summed E-state index contributed by atoms with van der Waals surface area (Å²) in [4.78, 5) is 12.3. The van der Waals surface area contributed by atoms with Gasteiger partial charge in [0, 0.05) is 17.3 Å². The minimum atomic E-state index is -5.83. The number of rotatable bonds is 5. The Hall–Kier alpha value is -3.17. The molecule has 0 saturated carbocycles. The van der Waals surface area contributed by atoms with Gasteiger partial charge < -0.3 is 10.1 Å². The van der Waals surface area contributed by atoms with Crippen LogP contribution < -0.4 is 14.8 Å². The van der Waals surface area contributed by atoms with E-state index in [1.165, 1.54) is 4.72 Å². The fourth-order valence-corrected chi connectivity index (χ4v) is 2.92. The molecule has 0 fully saturated rings. The molecule has 16 heteroatoms. The molecular formula is C17H11F9N2O4S. The van der Waals surface area contributed by atoms with Crippen molar-refractivity contribution in [1.82, 2.24) is 0 Å². The summed E-state index contributed by atoms with van der Waals surface area (Å²) < 4.78 is 144. The summed E-state index contributed by atoms with van der Waals surface area (Å²) in [5.74, 6) is -1.96. The van der Waals surface area contributed by atoms with E-state index in [4.69, 9.17) is 4.74 Å². The van der Waals surface area contributed by atoms with E-state index in [-0.39, 0.29) is 23.9 Å². The number of hydrogen-bond acceptors (Lipinski definition) is 4. The summed E-state index contributed by atoms with van der Waals surface area (Å²) in [6.07, 6.45) is -10.4. The fraction of sp³-hybridized carbons (Fsp3) is 0.235. The van der Waals surface area contributed by atoms with Gasteiger partial charge in [-0.1, -0.05) is 0 Å². The van der Waals surface area contributed by atoms with Crippen molar-refractivity contribution in [3.63, 3.8) is 0 Å². The van der Waals surface area contributed by atoms with Gasteiger partial charge in [0.2, 0.25) is 0 Å². The monoisotopic (exact) mass is 510 g/mol. The number of ether oxygens (including phenoxy) is 1. The third-order valence-electron chi connectivity index (χ3n) is 3.86. The average Bonchev–Trinajstić information content (AvgIpc) is 2.66. The zero-order valence-electron chi connectivity index (χ0n) is 15.9. The summed E-state index contributed by atoms with van der Waals surface area (Å²) in [6, 6.07) is 2.53. The smallest absolute Gasteiger partial charge is 0.494 e. The molecule has 0 radical (unpaired) electrons. The van der Waals surface area contributed by atoms with E-state index in [9.17, 15) is 52.7 Å². The van der Waals surface area contributed by atoms with Crippen LogP contribution in [0.5, 0.6) is 5.75 Å². The Morgan fingerprint density at radius 2 is 1.36 bits per heavy atom. The maximum absolute atomic E-state index is 12.9. The molecule has 0 unspecified atom stereocenters. The third kappa shape index (κ3) is 6.21. The van der Waals surface area contributed by atoms with Crippen molar-refractivity contribution < 1.29 is 57.5 Å². The van der Waals surface area contributed by atoms with Crippen molar-refractivity contribution in [2.75, 3.05) is 17.1 Å². The Morgan fingerprint density at radius 3 is 1.79 bits per heavy atom. The number of nitrogens with one attached hydrogen (secondary N) is 2. The number of hydrogen-bond donors (Lipinski definition) is 2. The van der Waals surface area contributed by atoms with Crippen LogP contribution in [0.1, 0.15) is 21.5 Å². The zero-order valence-corrected chi connectivity index (χ0v) is 16.7. The van der Waals surface area contributed by atoms with Gasteiger partial charge >= 0.3 is 27.9 Å². The van der Waals surface area contributed by atoms with Gasteiger partial charge in [0.25, 0.3) is 5.91 Å². The first kappa shape index (κ1) is 26.1. The average molecular weight is 510 g/mol. The highest BCUT2D eigenvalue weighted by Gasteiger charge is 2.46. The first-order valence-electron chi connectivity index (χ1n) is 8.23. The lowest BCUT2D eigenvalue weighted by atomic mass is 10.0. The van der Waals surface area contributed by atoms with Crippen LogP contribution in [0.4, 0.5) is 50.9 Å². The number of carbonyl (C=O) groups excluding carboxylic acids is 1. The van der Waals surface area contributed by atoms with E-state index in [1.54, 1.807) is 0 Å². The Labute approximate surface area is 179 Å². The fourth-order valence-electron chi connectivity index (χ4n) is 2.35. The Balaban J connectivity index is 2.39. The van der Waals surface area contributed by atoms with E-state index >= 15 is 0 Å². The highest BCUT2D eigenvalue weighted by Crippen LogP contribution is 2.37. The predicted molar refractivity (Wildman–Crippen MR) is 96.0 cm³/mol. The third-order valence-corrected chi connectivity index (χ3v) is 4.96. The van der Waals surface area contributed by atoms with E-state index < -0.39 is 61.9 Å². The normalized spacial score (nSPS) is 12.9. The van der Waals surface area contributed by atoms with Gasteiger partial charge in [-0.3, -0.25) is 9.52 Å². The molecular weight excluding hydrogens is 499 g/mol. The highest BCUT2D eigenvalue weighted by molar-refractivity contribution is 7.93. The molecule has 2 rings (SSSR count). The van der Waals surface area contributed by atoms with E-state index in [2.05, 4.69) is 0 Å². The van der Waals surface area contributed by atoms with E-state index in [1.807, 2.05) is 5.32 Å². The maximum Gasteiger partial charge on any atom is 0.516 e. The summed E-state index contributed by atoms with van der Waals surface area (Å²) in [5, 5.41) is 1.96. The minimum Gasteiger partial charge on any atom is -0.494 e. The molecule has 2 aromatic carbocycles. The number of sulfonamides is 1. The second kappa shape index (κ2) is 8.64. The van der Waals surface area contributed by atoms with Crippen molar-refractivity contribution in [3.05, 3.63) is 53.1 Å². The standard InChI is InChI=1S/C17H11F9N2O4S/c1-32-13-7-11(2-3-12(13)28-33(30,31)17(24,25)26)27-14(29)8-4-9(15(18,19)20)6-10(5-8)16(21,22)23/h2-7,28H,1H3,(H,27,29). The van der Waals surface area contributed by atoms with Gasteiger partial charge in [0.1, 0.15) is 5.75 Å². The molecule has 0 aliphatic heterocycles. The van der Waals surface area contributed by atoms with Crippen LogP contribution in [0.3, 0.4) is 0 Å². The van der Waals surface area contributed by atoms with Crippen LogP contribution in [-0.4, -0.2) is 26.9 Å². The molecule has 0 saturated heterocycles. The topological polar surface area (TPSA) is 84.5 Å². The lowest BCUT2D eigenvalue weighted by molar-refractivity contribution is -0.143. The van der Waals surface area contributed by atoms with Crippen molar-refractivity contribution in [2.24, 2.45) is 0 Å². The number of alkyl halides is 9. The van der Waals surface area contributed by atoms with Crippen LogP contribution in [0.25, 0.3) is 0 Å². The van der Waals surface area contributed by atoms with Gasteiger partial charge in [0.15, 0.2) is 0 Å². The molecule has 0 aliphatic carbocycles. The number of carbonyl (C=O) groups is 1. The number of benzene rings is 2. The van der Waals surface area contributed by atoms with Crippen LogP contribution in [-0.2, 0) is 22.4 Å². The molecule has 0 bridgehead atoms. The molecule has 0 atom stereocenters. The maximum atomic E-state index is 12.9.